The zero-order valence-corrected chi connectivity index (χ0v) is 15.2. The summed E-state index contributed by atoms with van der Waals surface area (Å²) in [6, 6.07) is 3.73. The van der Waals surface area contributed by atoms with Gasteiger partial charge in [-0.25, -0.2) is 15.0 Å². The van der Waals surface area contributed by atoms with Gasteiger partial charge in [0.05, 0.1) is 17.0 Å². The smallest absolute Gasteiger partial charge is 0.261 e. The molecule has 1 fully saturated rings. The summed E-state index contributed by atoms with van der Waals surface area (Å²) in [6.45, 7) is 3.77. The van der Waals surface area contributed by atoms with E-state index in [0.717, 1.165) is 37.2 Å². The maximum atomic E-state index is 12.8. The molecule has 1 N–H and O–H groups in total. The van der Waals surface area contributed by atoms with E-state index in [0.29, 0.717) is 22.3 Å². The van der Waals surface area contributed by atoms with E-state index in [1.807, 2.05) is 24.4 Å². The van der Waals surface area contributed by atoms with Crippen LogP contribution in [0.4, 0.5) is 11.1 Å². The molecular formula is C18H18N6OS. The fourth-order valence-corrected chi connectivity index (χ4v) is 3.59. The number of nitrogens with zero attached hydrogens (tertiary/aromatic N) is 5. The first-order valence-electron chi connectivity index (χ1n) is 8.46. The van der Waals surface area contributed by atoms with Gasteiger partial charge in [0, 0.05) is 42.6 Å². The van der Waals surface area contributed by atoms with Crippen LogP contribution in [0.1, 0.15) is 28.9 Å². The van der Waals surface area contributed by atoms with Gasteiger partial charge in [-0.1, -0.05) is 0 Å². The summed E-state index contributed by atoms with van der Waals surface area (Å²) in [7, 11) is 0. The van der Waals surface area contributed by atoms with Crippen LogP contribution < -0.4 is 10.2 Å². The average Bonchev–Trinajstić information content (AvgIpc) is 3.34. The second-order valence-corrected chi connectivity index (χ2v) is 6.97. The molecule has 0 unspecified atom stereocenters. The number of aryl methyl sites for hydroxylation is 1. The topological polar surface area (TPSA) is 83.9 Å². The van der Waals surface area contributed by atoms with Crippen LogP contribution in [0, 0.1) is 6.92 Å². The summed E-state index contributed by atoms with van der Waals surface area (Å²) in [5.74, 6) is 0.383. The number of aromatic nitrogens is 4. The van der Waals surface area contributed by atoms with Crippen molar-refractivity contribution < 1.29 is 4.79 Å². The van der Waals surface area contributed by atoms with E-state index >= 15 is 0 Å². The number of nitrogens with one attached hydrogen (secondary N) is 1. The largest absolute Gasteiger partial charge is 0.341 e. The standard InChI is InChI=1S/C18H18N6OS/c1-12-11-26-18(21-12)23-16(25)14-10-20-17(24-7-2-3-8-24)22-15(14)13-5-4-6-19-9-13/h4-6,9-11H,2-3,7-8H2,1H3,(H,21,23,25). The van der Waals surface area contributed by atoms with Crippen molar-refractivity contribution in [3.05, 3.63) is 47.4 Å². The molecule has 8 heteroatoms. The van der Waals surface area contributed by atoms with Crippen LogP contribution in [-0.2, 0) is 0 Å². The van der Waals surface area contributed by atoms with Crippen LogP contribution in [-0.4, -0.2) is 38.9 Å². The highest BCUT2D eigenvalue weighted by Crippen LogP contribution is 2.25. The lowest BCUT2D eigenvalue weighted by atomic mass is 10.1. The van der Waals surface area contributed by atoms with Crippen molar-refractivity contribution in [2.75, 3.05) is 23.3 Å². The number of pyridine rings is 1. The minimum atomic E-state index is -0.272. The molecule has 4 rings (SSSR count). The first kappa shape index (κ1) is 16.6. The lowest BCUT2D eigenvalue weighted by Crippen LogP contribution is -2.22. The first-order valence-corrected chi connectivity index (χ1v) is 9.34. The molecule has 0 bridgehead atoms. The van der Waals surface area contributed by atoms with E-state index in [4.69, 9.17) is 0 Å². The van der Waals surface area contributed by atoms with Crippen LogP contribution in [0.5, 0.6) is 0 Å². The molecule has 3 aromatic heterocycles. The maximum absolute atomic E-state index is 12.8. The highest BCUT2D eigenvalue weighted by molar-refractivity contribution is 7.13. The molecule has 1 amide bonds. The molecule has 3 aromatic rings. The summed E-state index contributed by atoms with van der Waals surface area (Å²) in [5.41, 5.74) is 2.66. The molecule has 7 nitrogen and oxygen atoms in total. The van der Waals surface area contributed by atoms with E-state index in [9.17, 15) is 4.79 Å². The Labute approximate surface area is 155 Å². The molecule has 4 heterocycles. The van der Waals surface area contributed by atoms with Gasteiger partial charge in [-0.05, 0) is 31.9 Å². The van der Waals surface area contributed by atoms with Crippen molar-refractivity contribution in [3.8, 4) is 11.3 Å². The molecule has 0 aromatic carbocycles. The van der Waals surface area contributed by atoms with Crippen LogP contribution >= 0.6 is 11.3 Å². The van der Waals surface area contributed by atoms with Crippen molar-refractivity contribution in [2.45, 2.75) is 19.8 Å². The van der Waals surface area contributed by atoms with Crippen molar-refractivity contribution >= 4 is 28.3 Å². The van der Waals surface area contributed by atoms with Gasteiger partial charge in [0.2, 0.25) is 5.95 Å². The van der Waals surface area contributed by atoms with Crippen molar-refractivity contribution in [3.63, 3.8) is 0 Å². The molecule has 1 aliphatic rings. The number of hydrogen-bond donors (Lipinski definition) is 1. The van der Waals surface area contributed by atoms with Crippen molar-refractivity contribution in [1.82, 2.24) is 19.9 Å². The number of carbonyl (C=O) groups excluding carboxylic acids is 1. The molecule has 0 radical (unpaired) electrons. The Morgan fingerprint density at radius 2 is 2.08 bits per heavy atom. The average molecular weight is 366 g/mol. The number of amides is 1. The lowest BCUT2D eigenvalue weighted by molar-refractivity contribution is 0.102. The van der Waals surface area contributed by atoms with Gasteiger partial charge in [-0.15, -0.1) is 11.3 Å². The maximum Gasteiger partial charge on any atom is 0.261 e. The molecule has 1 saturated heterocycles. The highest BCUT2D eigenvalue weighted by Gasteiger charge is 2.21. The molecule has 0 aliphatic carbocycles. The molecular weight excluding hydrogens is 348 g/mol. The normalized spacial score (nSPS) is 13.8. The first-order chi connectivity index (χ1) is 12.7. The van der Waals surface area contributed by atoms with Gasteiger partial charge < -0.3 is 4.90 Å². The van der Waals surface area contributed by atoms with Gasteiger partial charge in [0.15, 0.2) is 5.13 Å². The fourth-order valence-electron chi connectivity index (χ4n) is 2.91. The number of hydrogen-bond acceptors (Lipinski definition) is 7. The van der Waals surface area contributed by atoms with Crippen LogP contribution in [0.3, 0.4) is 0 Å². The third-order valence-corrected chi connectivity index (χ3v) is 5.06. The summed E-state index contributed by atoms with van der Waals surface area (Å²) in [6.07, 6.45) is 7.28. The predicted octanol–water partition coefficient (Wildman–Crippen LogP) is 3.16. The molecule has 132 valence electrons. The Bertz CT molecular complexity index is 920. The van der Waals surface area contributed by atoms with Gasteiger partial charge in [-0.3, -0.25) is 15.1 Å². The number of carbonyl (C=O) groups is 1. The van der Waals surface area contributed by atoms with Crippen LogP contribution in [0.15, 0.2) is 36.1 Å². The van der Waals surface area contributed by atoms with E-state index in [1.165, 1.54) is 11.3 Å². The van der Waals surface area contributed by atoms with E-state index in [2.05, 4.69) is 30.2 Å². The molecule has 0 atom stereocenters. The number of thiazole rings is 1. The Hall–Kier alpha value is -2.87. The summed E-state index contributed by atoms with van der Waals surface area (Å²) >= 11 is 1.39. The highest BCUT2D eigenvalue weighted by atomic mass is 32.1. The Morgan fingerprint density at radius 1 is 1.23 bits per heavy atom. The molecule has 0 spiro atoms. The van der Waals surface area contributed by atoms with E-state index in [-0.39, 0.29) is 5.91 Å². The summed E-state index contributed by atoms with van der Waals surface area (Å²) < 4.78 is 0. The monoisotopic (exact) mass is 366 g/mol. The minimum Gasteiger partial charge on any atom is -0.341 e. The third kappa shape index (κ3) is 3.41. The number of anilines is 2. The minimum absolute atomic E-state index is 0.272. The fraction of sp³-hybridized carbons (Fsp3) is 0.278. The Kier molecular flexibility index (Phi) is 4.57. The molecule has 0 saturated carbocycles. The second kappa shape index (κ2) is 7.17. The van der Waals surface area contributed by atoms with Crippen molar-refractivity contribution in [2.24, 2.45) is 0 Å². The van der Waals surface area contributed by atoms with Crippen LogP contribution in [0.25, 0.3) is 11.3 Å². The van der Waals surface area contributed by atoms with Crippen molar-refractivity contribution in [1.29, 1.82) is 0 Å². The van der Waals surface area contributed by atoms with Gasteiger partial charge in [0.1, 0.15) is 0 Å². The summed E-state index contributed by atoms with van der Waals surface area (Å²) in [5, 5.41) is 5.29. The van der Waals surface area contributed by atoms with Gasteiger partial charge in [0.25, 0.3) is 5.91 Å². The lowest BCUT2D eigenvalue weighted by Gasteiger charge is -2.17. The molecule has 1 aliphatic heterocycles. The zero-order valence-electron chi connectivity index (χ0n) is 14.3. The SMILES string of the molecule is Cc1csc(NC(=O)c2cnc(N3CCCC3)nc2-c2cccnc2)n1. The summed E-state index contributed by atoms with van der Waals surface area (Å²) in [4.78, 5) is 32.5. The Morgan fingerprint density at radius 3 is 2.77 bits per heavy atom. The zero-order chi connectivity index (χ0) is 17.9. The van der Waals surface area contributed by atoms with E-state index in [1.54, 1.807) is 18.6 Å². The predicted molar refractivity (Wildman–Crippen MR) is 102 cm³/mol. The van der Waals surface area contributed by atoms with Gasteiger partial charge in [-0.2, -0.15) is 0 Å². The van der Waals surface area contributed by atoms with Gasteiger partial charge >= 0.3 is 0 Å². The second-order valence-electron chi connectivity index (χ2n) is 6.12. The van der Waals surface area contributed by atoms with Crippen LogP contribution in [0.2, 0.25) is 0 Å². The third-order valence-electron chi connectivity index (χ3n) is 4.18. The molecule has 26 heavy (non-hydrogen) atoms. The quantitative estimate of drug-likeness (QED) is 0.764. The number of rotatable bonds is 4. The Balaban J connectivity index is 1.71. The van der Waals surface area contributed by atoms with E-state index < -0.39 is 0 Å².